The number of H-pyrrole nitrogens is 1. The van der Waals surface area contributed by atoms with Gasteiger partial charge in [-0.1, -0.05) is 12.1 Å². The van der Waals surface area contributed by atoms with Gasteiger partial charge in [-0.2, -0.15) is 0 Å². The average Bonchev–Trinajstić information content (AvgIpc) is 2.98. The summed E-state index contributed by atoms with van der Waals surface area (Å²) in [5.41, 5.74) is 0.517. The van der Waals surface area contributed by atoms with Crippen LogP contribution in [0, 0.1) is 0 Å². The summed E-state index contributed by atoms with van der Waals surface area (Å²) in [6, 6.07) is 1.59. The van der Waals surface area contributed by atoms with Crippen molar-refractivity contribution in [3.63, 3.8) is 0 Å². The van der Waals surface area contributed by atoms with Crippen LogP contribution in [0.25, 0.3) is 0 Å². The number of nitrogens with zero attached hydrogens (tertiary/aromatic N) is 2. The van der Waals surface area contributed by atoms with Crippen LogP contribution in [0.1, 0.15) is 18.4 Å². The van der Waals surface area contributed by atoms with Crippen LogP contribution < -0.4 is 4.72 Å². The van der Waals surface area contributed by atoms with Crippen molar-refractivity contribution in [3.8, 4) is 0 Å². The minimum Gasteiger partial charge on any atom is -0.364 e. The van der Waals surface area contributed by atoms with Gasteiger partial charge in [0.1, 0.15) is 12.1 Å². The molecule has 2 heterocycles. The lowest BCUT2D eigenvalue weighted by molar-refractivity contribution is 0.411. The first-order valence-electron chi connectivity index (χ1n) is 5.04. The second-order valence-electron chi connectivity index (χ2n) is 3.36. The largest absolute Gasteiger partial charge is 0.364 e. The van der Waals surface area contributed by atoms with E-state index in [1.54, 1.807) is 6.07 Å². The molecule has 0 aliphatic rings. The zero-order valence-corrected chi connectivity index (χ0v) is 9.99. The fourth-order valence-corrected chi connectivity index (χ4v) is 2.17. The third kappa shape index (κ3) is 2.71. The highest BCUT2D eigenvalue weighted by Crippen LogP contribution is 2.06. The number of aromatic nitrogens is 3. The third-order valence-electron chi connectivity index (χ3n) is 2.16. The molecular formula is C9H12N4O3S. The molecule has 0 saturated carbocycles. The summed E-state index contributed by atoms with van der Waals surface area (Å²) < 4.78 is 30.6. The number of aryl methyl sites for hydroxylation is 1. The molecule has 92 valence electrons. The third-order valence-corrected chi connectivity index (χ3v) is 3.47. The van der Waals surface area contributed by atoms with Crippen LogP contribution in [0.15, 0.2) is 28.1 Å². The van der Waals surface area contributed by atoms with E-state index in [9.17, 15) is 8.42 Å². The Balaban J connectivity index is 2.08. The Hall–Kier alpha value is -1.67. The van der Waals surface area contributed by atoms with E-state index in [2.05, 4.69) is 24.4 Å². The molecule has 0 fully saturated rings. The maximum atomic E-state index is 11.8. The number of rotatable bonds is 5. The average molecular weight is 256 g/mol. The summed E-state index contributed by atoms with van der Waals surface area (Å²) >= 11 is 0. The van der Waals surface area contributed by atoms with Crippen molar-refractivity contribution in [2.45, 2.75) is 24.9 Å². The van der Waals surface area contributed by atoms with Gasteiger partial charge in [-0.05, 0) is 0 Å². The van der Waals surface area contributed by atoms with Crippen molar-refractivity contribution in [2.24, 2.45) is 0 Å². The van der Waals surface area contributed by atoms with Crippen LogP contribution in [0.3, 0.4) is 0 Å². The summed E-state index contributed by atoms with van der Waals surface area (Å²) in [5, 5.41) is 3.66. The Morgan fingerprint density at radius 2 is 2.35 bits per heavy atom. The smallest absolute Gasteiger partial charge is 0.257 e. The lowest BCUT2D eigenvalue weighted by atomic mass is 10.5. The van der Waals surface area contributed by atoms with Crippen molar-refractivity contribution in [1.29, 1.82) is 0 Å². The number of hydrogen-bond acceptors (Lipinski definition) is 5. The molecule has 8 heteroatoms. The van der Waals surface area contributed by atoms with Gasteiger partial charge in [0.2, 0.25) is 0 Å². The highest BCUT2D eigenvalue weighted by atomic mass is 32.2. The predicted molar refractivity (Wildman–Crippen MR) is 58.5 cm³/mol. The summed E-state index contributed by atoms with van der Waals surface area (Å²) in [4.78, 5) is 6.66. The molecule has 2 rings (SSSR count). The lowest BCUT2D eigenvalue weighted by Gasteiger charge is -2.01. The Kier molecular flexibility index (Phi) is 3.25. The van der Waals surface area contributed by atoms with E-state index in [0.29, 0.717) is 17.9 Å². The molecule has 0 aromatic carbocycles. The number of imidazole rings is 1. The molecule has 0 spiro atoms. The Bertz CT molecular complexity index is 573. The lowest BCUT2D eigenvalue weighted by Crippen LogP contribution is -2.23. The standard InChI is InChI=1S/C9H12N4O3S/c1-2-8-10-6-9(12-8)17(14,15)11-5-7-3-4-16-13-7/h3-4,6,11H,2,5H2,1H3,(H,10,12). The molecule has 0 amide bonds. The van der Waals surface area contributed by atoms with Crippen molar-refractivity contribution in [1.82, 2.24) is 19.8 Å². The molecule has 2 aromatic rings. The fraction of sp³-hybridized carbons (Fsp3) is 0.333. The second kappa shape index (κ2) is 4.68. The fourth-order valence-electron chi connectivity index (χ4n) is 1.23. The van der Waals surface area contributed by atoms with E-state index >= 15 is 0 Å². The topological polar surface area (TPSA) is 101 Å². The monoisotopic (exact) mass is 256 g/mol. The van der Waals surface area contributed by atoms with Crippen LogP contribution in [0.2, 0.25) is 0 Å². The van der Waals surface area contributed by atoms with Crippen molar-refractivity contribution >= 4 is 10.0 Å². The van der Waals surface area contributed by atoms with E-state index in [4.69, 9.17) is 0 Å². The van der Waals surface area contributed by atoms with Crippen molar-refractivity contribution < 1.29 is 12.9 Å². The van der Waals surface area contributed by atoms with E-state index in [-0.39, 0.29) is 11.6 Å². The van der Waals surface area contributed by atoms with Gasteiger partial charge in [-0.25, -0.2) is 18.1 Å². The summed E-state index contributed by atoms with van der Waals surface area (Å²) in [6.45, 7) is 1.97. The number of hydrogen-bond donors (Lipinski definition) is 2. The highest BCUT2D eigenvalue weighted by Gasteiger charge is 2.16. The van der Waals surface area contributed by atoms with E-state index in [0.717, 1.165) is 0 Å². The van der Waals surface area contributed by atoms with Gasteiger partial charge in [0.05, 0.1) is 18.4 Å². The first-order valence-corrected chi connectivity index (χ1v) is 6.53. The van der Waals surface area contributed by atoms with Crippen molar-refractivity contribution in [3.05, 3.63) is 30.0 Å². The van der Waals surface area contributed by atoms with Gasteiger partial charge < -0.3 is 9.51 Å². The molecule has 0 unspecified atom stereocenters. The minimum atomic E-state index is -3.58. The van der Waals surface area contributed by atoms with Crippen LogP contribution in [0.4, 0.5) is 0 Å². The normalized spacial score (nSPS) is 11.8. The highest BCUT2D eigenvalue weighted by molar-refractivity contribution is 7.89. The van der Waals surface area contributed by atoms with E-state index < -0.39 is 10.0 Å². The second-order valence-corrected chi connectivity index (χ2v) is 5.10. The molecule has 2 aromatic heterocycles. The first-order chi connectivity index (χ1) is 8.12. The van der Waals surface area contributed by atoms with Crippen LogP contribution in [-0.2, 0) is 23.0 Å². The van der Waals surface area contributed by atoms with Gasteiger partial charge in [0.15, 0.2) is 5.03 Å². The minimum absolute atomic E-state index is 0.0536. The predicted octanol–water partition coefficient (Wildman–Crippen LogP) is 0.439. The molecule has 7 nitrogen and oxygen atoms in total. The Morgan fingerprint density at radius 3 is 2.94 bits per heavy atom. The van der Waals surface area contributed by atoms with Crippen molar-refractivity contribution in [2.75, 3.05) is 0 Å². The molecule has 0 atom stereocenters. The molecule has 0 aliphatic carbocycles. The molecule has 2 N–H and O–H groups in total. The quantitative estimate of drug-likeness (QED) is 0.808. The molecule has 17 heavy (non-hydrogen) atoms. The van der Waals surface area contributed by atoms with Gasteiger partial charge in [-0.15, -0.1) is 0 Å². The van der Waals surface area contributed by atoms with Crippen LogP contribution >= 0.6 is 0 Å². The zero-order valence-electron chi connectivity index (χ0n) is 9.17. The molecule has 0 radical (unpaired) electrons. The Morgan fingerprint density at radius 1 is 1.53 bits per heavy atom. The molecular weight excluding hydrogens is 244 g/mol. The van der Waals surface area contributed by atoms with Gasteiger partial charge >= 0.3 is 0 Å². The summed E-state index contributed by atoms with van der Waals surface area (Å²) in [7, 11) is -3.58. The van der Waals surface area contributed by atoms with Gasteiger partial charge in [0.25, 0.3) is 10.0 Å². The first kappa shape index (κ1) is 11.8. The van der Waals surface area contributed by atoms with E-state index in [1.165, 1.54) is 12.5 Å². The van der Waals surface area contributed by atoms with Gasteiger partial charge in [-0.3, -0.25) is 0 Å². The molecule has 0 saturated heterocycles. The Labute approximate surface area is 98.3 Å². The number of sulfonamides is 1. The maximum absolute atomic E-state index is 11.8. The van der Waals surface area contributed by atoms with Gasteiger partial charge in [0, 0.05) is 12.5 Å². The molecule has 0 aliphatic heterocycles. The number of nitrogens with one attached hydrogen (secondary N) is 2. The molecule has 0 bridgehead atoms. The number of aromatic amines is 1. The SMILES string of the molecule is CCc1ncc(S(=O)(=O)NCc2ccon2)[nH]1. The zero-order chi connectivity index (χ0) is 12.3. The van der Waals surface area contributed by atoms with Crippen LogP contribution in [0.5, 0.6) is 0 Å². The summed E-state index contributed by atoms with van der Waals surface area (Å²) in [5.74, 6) is 0.631. The summed E-state index contributed by atoms with van der Waals surface area (Å²) in [6.07, 6.45) is 3.33. The van der Waals surface area contributed by atoms with E-state index in [1.807, 2.05) is 6.92 Å². The maximum Gasteiger partial charge on any atom is 0.257 e. The van der Waals surface area contributed by atoms with Crippen LogP contribution in [-0.4, -0.2) is 23.5 Å².